The number of hydrogen-bond donors (Lipinski definition) is 1. The molecule has 122 valence electrons. The molecule has 5 nitrogen and oxygen atoms in total. The number of nitrogens with one attached hydrogen (secondary N) is 1. The van der Waals surface area contributed by atoms with Crippen LogP contribution in [0.3, 0.4) is 0 Å². The van der Waals surface area contributed by atoms with E-state index in [1.165, 1.54) is 0 Å². The molecule has 0 aliphatic rings. The Hall–Kier alpha value is -1.07. The fourth-order valence-electron chi connectivity index (χ4n) is 2.69. The summed E-state index contributed by atoms with van der Waals surface area (Å²) in [5.74, 6) is 0.824. The summed E-state index contributed by atoms with van der Waals surface area (Å²) in [6.45, 7) is 13.1. The second-order valence-corrected chi connectivity index (χ2v) is 5.40. The van der Waals surface area contributed by atoms with Crippen LogP contribution in [-0.2, 0) is 11.3 Å². The zero-order valence-corrected chi connectivity index (χ0v) is 14.4. The highest BCUT2D eigenvalue weighted by molar-refractivity contribution is 5.30. The Balaban J connectivity index is 3.26. The number of aromatic nitrogens is 2. The Labute approximate surface area is 129 Å². The summed E-state index contributed by atoms with van der Waals surface area (Å²) in [7, 11) is 1.70. The monoisotopic (exact) mass is 297 g/mol. The lowest BCUT2D eigenvalue weighted by molar-refractivity contribution is -0.0586. The lowest BCUT2D eigenvalue weighted by Gasteiger charge is -2.38. The van der Waals surface area contributed by atoms with Crippen LogP contribution in [0.5, 0.6) is 5.75 Å². The van der Waals surface area contributed by atoms with E-state index >= 15 is 0 Å². The Morgan fingerprint density at radius 3 is 2.52 bits per heavy atom. The van der Waals surface area contributed by atoms with Gasteiger partial charge in [0, 0.05) is 13.2 Å². The molecular weight excluding hydrogens is 266 g/mol. The van der Waals surface area contributed by atoms with E-state index in [4.69, 9.17) is 9.47 Å². The van der Waals surface area contributed by atoms with E-state index in [1.807, 2.05) is 11.6 Å². The molecule has 0 fully saturated rings. The average molecular weight is 297 g/mol. The number of rotatable bonds is 10. The Morgan fingerprint density at radius 2 is 2.05 bits per heavy atom. The summed E-state index contributed by atoms with van der Waals surface area (Å²) in [6, 6.07) is 0.0554. The smallest absolute Gasteiger partial charge is 0.161 e. The molecule has 21 heavy (non-hydrogen) atoms. The van der Waals surface area contributed by atoms with E-state index < -0.39 is 0 Å². The van der Waals surface area contributed by atoms with Gasteiger partial charge in [-0.05, 0) is 40.2 Å². The lowest BCUT2D eigenvalue weighted by Crippen LogP contribution is -2.45. The second-order valence-electron chi connectivity index (χ2n) is 5.40. The van der Waals surface area contributed by atoms with E-state index in [2.05, 4.69) is 38.1 Å². The minimum Gasteiger partial charge on any atom is -0.493 e. The van der Waals surface area contributed by atoms with Crippen LogP contribution >= 0.6 is 0 Å². The fraction of sp³-hybridized carbons (Fsp3) is 0.812. The molecule has 1 heterocycles. The van der Waals surface area contributed by atoms with Gasteiger partial charge < -0.3 is 14.8 Å². The number of nitrogens with zero attached hydrogens (tertiary/aromatic N) is 2. The van der Waals surface area contributed by atoms with Gasteiger partial charge in [0.15, 0.2) is 5.75 Å². The Morgan fingerprint density at radius 1 is 1.33 bits per heavy atom. The van der Waals surface area contributed by atoms with Gasteiger partial charge in [-0.25, -0.2) is 0 Å². The van der Waals surface area contributed by atoms with E-state index in [9.17, 15) is 0 Å². The molecule has 1 aromatic rings. The van der Waals surface area contributed by atoms with Crippen molar-refractivity contribution in [2.24, 2.45) is 0 Å². The molecule has 0 saturated heterocycles. The molecular formula is C16H31N3O2. The van der Waals surface area contributed by atoms with E-state index in [-0.39, 0.29) is 11.6 Å². The molecule has 0 radical (unpaired) electrons. The highest BCUT2D eigenvalue weighted by Gasteiger charge is 2.38. The molecule has 1 aromatic heterocycles. The van der Waals surface area contributed by atoms with Crippen LogP contribution in [-0.4, -0.2) is 35.6 Å². The van der Waals surface area contributed by atoms with Gasteiger partial charge in [0.2, 0.25) is 0 Å². The zero-order chi connectivity index (χ0) is 15.9. The number of methoxy groups -OCH3 is 1. The van der Waals surface area contributed by atoms with Crippen molar-refractivity contribution >= 4 is 0 Å². The predicted molar refractivity (Wildman–Crippen MR) is 85.8 cm³/mol. The van der Waals surface area contributed by atoms with Crippen molar-refractivity contribution in [2.75, 3.05) is 20.3 Å². The van der Waals surface area contributed by atoms with Gasteiger partial charge in [0.05, 0.1) is 24.9 Å². The maximum atomic E-state index is 6.10. The largest absolute Gasteiger partial charge is 0.493 e. The molecule has 1 N–H and O–H groups in total. The number of aryl methyl sites for hydroxylation is 1. The summed E-state index contributed by atoms with van der Waals surface area (Å²) >= 11 is 0. The Kier molecular flexibility index (Phi) is 7.18. The molecule has 0 spiro atoms. The quantitative estimate of drug-likeness (QED) is 0.720. The predicted octanol–water partition coefficient (Wildman–Crippen LogP) is 3.16. The molecule has 2 unspecified atom stereocenters. The number of hydrogen-bond acceptors (Lipinski definition) is 4. The first-order valence-electron chi connectivity index (χ1n) is 8.04. The van der Waals surface area contributed by atoms with Crippen molar-refractivity contribution in [3.8, 4) is 5.75 Å². The van der Waals surface area contributed by atoms with Crippen molar-refractivity contribution in [2.45, 2.75) is 65.6 Å². The molecule has 0 aliphatic carbocycles. The van der Waals surface area contributed by atoms with E-state index in [0.29, 0.717) is 6.61 Å². The van der Waals surface area contributed by atoms with Gasteiger partial charge in [-0.3, -0.25) is 4.68 Å². The van der Waals surface area contributed by atoms with Crippen LogP contribution in [0.2, 0.25) is 0 Å². The standard InChI is InChI=1S/C16H31N3O2/c1-7-11-17-15(16(5,8-2)21-10-4)14-13(20-6)12-18-19(14)9-3/h12,15,17H,7-11H2,1-6H3. The third-order valence-electron chi connectivity index (χ3n) is 4.02. The minimum absolute atomic E-state index is 0.0554. The van der Waals surface area contributed by atoms with Crippen molar-refractivity contribution in [3.05, 3.63) is 11.9 Å². The van der Waals surface area contributed by atoms with E-state index in [0.717, 1.165) is 37.4 Å². The van der Waals surface area contributed by atoms with Gasteiger partial charge >= 0.3 is 0 Å². The first kappa shape index (κ1) is 18.0. The van der Waals surface area contributed by atoms with Crippen molar-refractivity contribution in [1.82, 2.24) is 15.1 Å². The maximum absolute atomic E-state index is 6.10. The topological polar surface area (TPSA) is 48.3 Å². The summed E-state index contributed by atoms with van der Waals surface area (Å²) in [5.41, 5.74) is 0.788. The van der Waals surface area contributed by atoms with Crippen molar-refractivity contribution in [3.63, 3.8) is 0 Å². The van der Waals surface area contributed by atoms with Crippen LogP contribution in [0, 0.1) is 0 Å². The second kappa shape index (κ2) is 8.39. The summed E-state index contributed by atoms with van der Waals surface area (Å²) in [4.78, 5) is 0. The molecule has 5 heteroatoms. The fourth-order valence-corrected chi connectivity index (χ4v) is 2.69. The van der Waals surface area contributed by atoms with Crippen molar-refractivity contribution < 1.29 is 9.47 Å². The third-order valence-corrected chi connectivity index (χ3v) is 4.02. The molecule has 0 aromatic carbocycles. The highest BCUT2D eigenvalue weighted by Crippen LogP contribution is 2.36. The first-order chi connectivity index (χ1) is 10.1. The van der Waals surface area contributed by atoms with Crippen molar-refractivity contribution in [1.29, 1.82) is 0 Å². The SMILES string of the molecule is CCCNC(c1c(OC)cnn1CC)C(C)(CC)OCC. The lowest BCUT2D eigenvalue weighted by atomic mass is 9.89. The molecule has 0 saturated carbocycles. The summed E-state index contributed by atoms with van der Waals surface area (Å²) in [6.07, 6.45) is 3.78. The summed E-state index contributed by atoms with van der Waals surface area (Å²) < 4.78 is 13.6. The minimum atomic E-state index is -0.288. The normalized spacial score (nSPS) is 15.7. The van der Waals surface area contributed by atoms with Gasteiger partial charge in [0.25, 0.3) is 0 Å². The maximum Gasteiger partial charge on any atom is 0.161 e. The van der Waals surface area contributed by atoms with Gasteiger partial charge in [0.1, 0.15) is 5.69 Å². The summed E-state index contributed by atoms with van der Waals surface area (Å²) in [5, 5.41) is 8.07. The molecule has 1 rings (SSSR count). The van der Waals surface area contributed by atoms with Crippen LogP contribution < -0.4 is 10.1 Å². The van der Waals surface area contributed by atoms with Gasteiger partial charge in [-0.15, -0.1) is 0 Å². The first-order valence-corrected chi connectivity index (χ1v) is 8.04. The molecule has 0 bridgehead atoms. The third kappa shape index (κ3) is 3.98. The molecule has 0 amide bonds. The molecule has 2 atom stereocenters. The Bertz CT molecular complexity index is 398. The molecule has 0 aliphatic heterocycles. The van der Waals surface area contributed by atoms with Crippen LogP contribution in [0.25, 0.3) is 0 Å². The zero-order valence-electron chi connectivity index (χ0n) is 14.4. The van der Waals surface area contributed by atoms with Gasteiger partial charge in [-0.1, -0.05) is 13.8 Å². The van der Waals surface area contributed by atoms with Gasteiger partial charge in [-0.2, -0.15) is 5.10 Å². The average Bonchev–Trinajstić information content (AvgIpc) is 2.90. The van der Waals surface area contributed by atoms with Crippen LogP contribution in [0.15, 0.2) is 6.20 Å². The highest BCUT2D eigenvalue weighted by atomic mass is 16.5. The van der Waals surface area contributed by atoms with Crippen LogP contribution in [0.1, 0.15) is 59.2 Å². The van der Waals surface area contributed by atoms with Crippen LogP contribution in [0.4, 0.5) is 0 Å². The van der Waals surface area contributed by atoms with E-state index in [1.54, 1.807) is 13.3 Å². The number of ether oxygens (including phenoxy) is 2.